The van der Waals surface area contributed by atoms with Crippen LogP contribution in [0.15, 0.2) is 47.4 Å². The fraction of sp³-hybridized carbons (Fsp3) is 0.409. The zero-order valence-electron chi connectivity index (χ0n) is 17.6. The van der Waals surface area contributed by atoms with Crippen molar-refractivity contribution in [2.24, 2.45) is 0 Å². The highest BCUT2D eigenvalue weighted by Crippen LogP contribution is 2.42. The van der Waals surface area contributed by atoms with Gasteiger partial charge in [0.2, 0.25) is 5.91 Å². The van der Waals surface area contributed by atoms with Crippen LogP contribution in [0.4, 0.5) is 10.1 Å². The van der Waals surface area contributed by atoms with Gasteiger partial charge in [0.25, 0.3) is 10.0 Å². The van der Waals surface area contributed by atoms with Gasteiger partial charge in [-0.3, -0.25) is 9.10 Å². The number of nitrogens with zero attached hydrogens (tertiary/aromatic N) is 3. The molecule has 9 heteroatoms. The lowest BCUT2D eigenvalue weighted by Gasteiger charge is -2.32. The van der Waals surface area contributed by atoms with Crippen LogP contribution in [0, 0.1) is 5.82 Å². The van der Waals surface area contributed by atoms with E-state index >= 15 is 0 Å². The zero-order valence-corrected chi connectivity index (χ0v) is 18.4. The van der Waals surface area contributed by atoms with E-state index < -0.39 is 15.8 Å². The van der Waals surface area contributed by atoms with Crippen LogP contribution < -0.4 is 9.62 Å². The number of nitrogens with one attached hydrogen (secondary N) is 1. The molecule has 0 spiro atoms. The molecule has 0 saturated carbocycles. The maximum absolute atomic E-state index is 13.9. The first kappa shape index (κ1) is 21.7. The van der Waals surface area contributed by atoms with E-state index in [1.54, 1.807) is 18.2 Å². The quantitative estimate of drug-likeness (QED) is 0.685. The molecule has 1 fully saturated rings. The Kier molecular flexibility index (Phi) is 6.27. The summed E-state index contributed by atoms with van der Waals surface area (Å²) in [5.74, 6) is -0.835. The summed E-state index contributed by atoms with van der Waals surface area (Å²) >= 11 is 0. The van der Waals surface area contributed by atoms with Crippen LogP contribution in [0.1, 0.15) is 6.42 Å². The van der Waals surface area contributed by atoms with E-state index in [2.05, 4.69) is 22.2 Å². The number of carbonyl (C=O) groups excluding carboxylic acids is 1. The van der Waals surface area contributed by atoms with Crippen molar-refractivity contribution in [2.75, 3.05) is 57.2 Å². The van der Waals surface area contributed by atoms with Gasteiger partial charge in [0.05, 0.1) is 10.6 Å². The van der Waals surface area contributed by atoms with E-state index in [1.165, 1.54) is 24.3 Å². The lowest BCUT2D eigenvalue weighted by molar-refractivity contribution is -0.119. The van der Waals surface area contributed by atoms with Gasteiger partial charge >= 0.3 is 0 Å². The molecule has 1 amide bonds. The van der Waals surface area contributed by atoms with Gasteiger partial charge in [-0.25, -0.2) is 12.8 Å². The van der Waals surface area contributed by atoms with Gasteiger partial charge in [0.1, 0.15) is 12.4 Å². The third-order valence-electron chi connectivity index (χ3n) is 5.83. The highest BCUT2D eigenvalue weighted by molar-refractivity contribution is 7.93. The van der Waals surface area contributed by atoms with Gasteiger partial charge in [-0.1, -0.05) is 18.2 Å². The number of hydrogen-bond acceptors (Lipinski definition) is 5. The molecule has 0 radical (unpaired) electrons. The molecule has 4 rings (SSSR count). The van der Waals surface area contributed by atoms with Crippen molar-refractivity contribution in [3.05, 3.63) is 48.3 Å². The summed E-state index contributed by atoms with van der Waals surface area (Å²) in [5, 5.41) is 2.83. The summed E-state index contributed by atoms with van der Waals surface area (Å²) in [4.78, 5) is 17.3. The molecule has 0 aliphatic carbocycles. The van der Waals surface area contributed by atoms with E-state index in [1.807, 2.05) is 0 Å². The second-order valence-corrected chi connectivity index (χ2v) is 9.85. The average Bonchev–Trinajstić information content (AvgIpc) is 2.76. The van der Waals surface area contributed by atoms with Crippen LogP contribution >= 0.6 is 0 Å². The molecule has 1 saturated heterocycles. The number of amides is 1. The minimum Gasteiger partial charge on any atom is -0.354 e. The molecule has 0 unspecified atom stereocenters. The molecule has 31 heavy (non-hydrogen) atoms. The second-order valence-electron chi connectivity index (χ2n) is 8.02. The fourth-order valence-electron chi connectivity index (χ4n) is 4.06. The molecular formula is C22H27FN4O3S. The van der Waals surface area contributed by atoms with Crippen LogP contribution in [0.3, 0.4) is 0 Å². The summed E-state index contributed by atoms with van der Waals surface area (Å²) < 4.78 is 41.4. The highest BCUT2D eigenvalue weighted by Gasteiger charge is 2.36. The Bertz CT molecular complexity index is 1070. The van der Waals surface area contributed by atoms with Crippen LogP contribution in [0.5, 0.6) is 0 Å². The summed E-state index contributed by atoms with van der Waals surface area (Å²) in [7, 11) is -1.81. The number of rotatable bonds is 6. The Hall–Kier alpha value is -2.49. The number of piperazine rings is 1. The van der Waals surface area contributed by atoms with Gasteiger partial charge in [-0.05, 0) is 44.3 Å². The van der Waals surface area contributed by atoms with Crippen molar-refractivity contribution < 1.29 is 17.6 Å². The Labute approximate surface area is 182 Å². The zero-order chi connectivity index (χ0) is 22.0. The fourth-order valence-corrected chi connectivity index (χ4v) is 5.71. The minimum atomic E-state index is -3.92. The highest BCUT2D eigenvalue weighted by atomic mass is 32.2. The Morgan fingerprint density at radius 2 is 1.81 bits per heavy atom. The molecule has 7 nitrogen and oxygen atoms in total. The predicted molar refractivity (Wildman–Crippen MR) is 118 cm³/mol. The summed E-state index contributed by atoms with van der Waals surface area (Å²) in [6.07, 6.45) is 0.798. The van der Waals surface area contributed by atoms with Crippen LogP contribution in [0.25, 0.3) is 11.1 Å². The predicted octanol–water partition coefficient (Wildman–Crippen LogP) is 1.76. The summed E-state index contributed by atoms with van der Waals surface area (Å²) in [6.45, 7) is 5.15. The first-order valence-electron chi connectivity index (χ1n) is 10.5. The van der Waals surface area contributed by atoms with Crippen molar-refractivity contribution in [1.82, 2.24) is 15.1 Å². The number of halogens is 1. The molecule has 2 aliphatic heterocycles. The van der Waals surface area contributed by atoms with Crippen LogP contribution in [-0.2, 0) is 14.8 Å². The minimum absolute atomic E-state index is 0.0796. The number of benzene rings is 2. The Morgan fingerprint density at radius 1 is 1.06 bits per heavy atom. The molecule has 2 aromatic rings. The van der Waals surface area contributed by atoms with Gasteiger partial charge in [0.15, 0.2) is 0 Å². The van der Waals surface area contributed by atoms with Gasteiger partial charge in [-0.2, -0.15) is 0 Å². The van der Waals surface area contributed by atoms with Crippen molar-refractivity contribution in [3.63, 3.8) is 0 Å². The average molecular weight is 447 g/mol. The van der Waals surface area contributed by atoms with Gasteiger partial charge in [0, 0.05) is 43.9 Å². The van der Waals surface area contributed by atoms with Crippen LogP contribution in [-0.4, -0.2) is 77.0 Å². The molecular weight excluding hydrogens is 419 g/mol. The molecule has 2 aromatic carbocycles. The molecule has 2 heterocycles. The topological polar surface area (TPSA) is 73.0 Å². The van der Waals surface area contributed by atoms with E-state index in [4.69, 9.17) is 0 Å². The molecule has 0 atom stereocenters. The van der Waals surface area contributed by atoms with Crippen LogP contribution in [0.2, 0.25) is 0 Å². The maximum atomic E-state index is 13.9. The molecule has 0 aromatic heterocycles. The molecule has 166 valence electrons. The third-order valence-corrected chi connectivity index (χ3v) is 7.65. The third kappa shape index (κ3) is 4.58. The normalized spacial score (nSPS) is 18.3. The lowest BCUT2D eigenvalue weighted by Crippen LogP contribution is -2.45. The van der Waals surface area contributed by atoms with E-state index in [0.717, 1.165) is 43.4 Å². The number of sulfonamides is 1. The Balaban J connectivity index is 1.42. The standard InChI is InChI=1S/C22H27FN4O3S/c1-25-11-13-26(14-12-25)10-4-9-24-22(28)16-27-20-8-7-17(23)15-19(20)18-5-2-3-6-21(18)31(27,29)30/h2-3,5-8,15H,4,9-14,16H2,1H3,(H,24,28). The number of anilines is 1. The number of carbonyl (C=O) groups is 1. The van der Waals surface area contributed by atoms with Crippen molar-refractivity contribution in [3.8, 4) is 11.1 Å². The van der Waals surface area contributed by atoms with Crippen molar-refractivity contribution in [2.45, 2.75) is 11.3 Å². The monoisotopic (exact) mass is 446 g/mol. The van der Waals surface area contributed by atoms with Crippen molar-refractivity contribution >= 4 is 21.6 Å². The molecule has 0 bridgehead atoms. The van der Waals surface area contributed by atoms with E-state index in [-0.39, 0.29) is 17.3 Å². The summed E-state index contributed by atoms with van der Waals surface area (Å²) in [5.41, 5.74) is 1.22. The van der Waals surface area contributed by atoms with E-state index in [9.17, 15) is 17.6 Å². The molecule has 2 aliphatic rings. The molecule has 1 N–H and O–H groups in total. The Morgan fingerprint density at radius 3 is 2.58 bits per heavy atom. The summed E-state index contributed by atoms with van der Waals surface area (Å²) in [6, 6.07) is 10.4. The smallest absolute Gasteiger partial charge is 0.265 e. The first-order valence-corrected chi connectivity index (χ1v) is 11.9. The lowest BCUT2D eigenvalue weighted by atomic mass is 10.0. The van der Waals surface area contributed by atoms with Gasteiger partial charge in [-0.15, -0.1) is 0 Å². The second kappa shape index (κ2) is 8.94. The SMILES string of the molecule is CN1CCN(CCCNC(=O)CN2c3ccc(F)cc3-c3ccccc3S2(=O)=O)CC1. The van der Waals surface area contributed by atoms with Crippen molar-refractivity contribution in [1.29, 1.82) is 0 Å². The number of likely N-dealkylation sites (N-methyl/N-ethyl adjacent to an activating group) is 1. The largest absolute Gasteiger partial charge is 0.354 e. The number of hydrogen-bond donors (Lipinski definition) is 1. The van der Waals surface area contributed by atoms with E-state index in [0.29, 0.717) is 23.4 Å². The maximum Gasteiger partial charge on any atom is 0.265 e. The van der Waals surface area contributed by atoms with Gasteiger partial charge < -0.3 is 15.1 Å². The first-order chi connectivity index (χ1) is 14.9. The number of fused-ring (bicyclic) bond motifs is 3.